The van der Waals surface area contributed by atoms with E-state index >= 15 is 0 Å². The van der Waals surface area contributed by atoms with Gasteiger partial charge in [0.2, 0.25) is 11.8 Å². The first-order valence-corrected chi connectivity index (χ1v) is 10.1. The van der Waals surface area contributed by atoms with Gasteiger partial charge in [0.15, 0.2) is 10.5 Å². The van der Waals surface area contributed by atoms with Gasteiger partial charge < -0.3 is 10.2 Å². The molecule has 1 N–H and O–H groups in total. The van der Waals surface area contributed by atoms with Crippen molar-refractivity contribution in [3.8, 4) is 0 Å². The topological polar surface area (TPSA) is 95.8 Å². The molecule has 1 aliphatic carbocycles. The zero-order chi connectivity index (χ0) is 19.6. The van der Waals surface area contributed by atoms with E-state index in [1.165, 1.54) is 12.1 Å². The number of piperidine rings is 1. The number of nitrogens with zero attached hydrogens (tertiary/aromatic N) is 3. The molecule has 2 amide bonds. The molecule has 1 aromatic rings. The number of hydrogen-bond donors (Lipinski definition) is 1. The summed E-state index contributed by atoms with van der Waals surface area (Å²) in [7, 11) is 0. The molecule has 28 heavy (non-hydrogen) atoms. The fraction of sp³-hybridized carbons (Fsp3) is 0.526. The third-order valence-corrected chi connectivity index (χ3v) is 6.78. The number of rotatable bonds is 2. The number of non-ortho nitro benzene ring substituents is 1. The molecule has 2 atom stereocenters. The van der Waals surface area contributed by atoms with E-state index in [9.17, 15) is 19.7 Å². The minimum atomic E-state index is -1.28. The second kappa shape index (κ2) is 5.97. The van der Waals surface area contributed by atoms with E-state index in [0.29, 0.717) is 5.56 Å². The van der Waals surface area contributed by atoms with E-state index in [4.69, 9.17) is 12.2 Å². The average Bonchev–Trinajstić information content (AvgIpc) is 3.50. The summed E-state index contributed by atoms with van der Waals surface area (Å²) in [6.07, 6.45) is 4.58. The molecule has 3 aliphatic heterocycles. The van der Waals surface area contributed by atoms with Crippen molar-refractivity contribution < 1.29 is 14.5 Å². The first-order valence-electron chi connectivity index (χ1n) is 9.66. The lowest BCUT2D eigenvalue weighted by Crippen LogP contribution is -2.72. The van der Waals surface area contributed by atoms with Crippen LogP contribution in [0, 0.1) is 15.5 Å². The second-order valence-corrected chi connectivity index (χ2v) is 8.48. The molecule has 0 bridgehead atoms. The van der Waals surface area contributed by atoms with Gasteiger partial charge in [0.25, 0.3) is 5.69 Å². The van der Waals surface area contributed by atoms with Crippen molar-refractivity contribution in [2.45, 2.75) is 50.6 Å². The van der Waals surface area contributed by atoms with Gasteiger partial charge in [0.1, 0.15) is 0 Å². The highest BCUT2D eigenvalue weighted by atomic mass is 32.1. The average molecular weight is 400 g/mol. The van der Waals surface area contributed by atoms with E-state index in [1.807, 2.05) is 0 Å². The SMILES string of the molecule is O=C1NC(=S)N(C2CC2)C(=O)[C@@]12Cc1cc([N+](=O)[O-])ccc1N1CCCC[C@@H]12. The van der Waals surface area contributed by atoms with Crippen LogP contribution in [0.3, 0.4) is 0 Å². The maximum Gasteiger partial charge on any atom is 0.269 e. The molecule has 0 radical (unpaired) electrons. The number of carbonyl (C=O) groups excluding carboxylic acids is 2. The van der Waals surface area contributed by atoms with Gasteiger partial charge >= 0.3 is 0 Å². The molecule has 0 unspecified atom stereocenters. The number of anilines is 1. The van der Waals surface area contributed by atoms with Crippen LogP contribution in [-0.2, 0) is 16.0 Å². The Bertz CT molecular complexity index is 931. The number of nitro benzene ring substituents is 1. The lowest BCUT2D eigenvalue weighted by Gasteiger charge is -2.54. The molecular formula is C19H20N4O4S. The van der Waals surface area contributed by atoms with Crippen molar-refractivity contribution in [3.05, 3.63) is 33.9 Å². The Balaban J connectivity index is 1.66. The van der Waals surface area contributed by atoms with Gasteiger partial charge in [-0.1, -0.05) is 0 Å². The van der Waals surface area contributed by atoms with Crippen molar-refractivity contribution in [2.24, 2.45) is 5.41 Å². The normalized spacial score (nSPS) is 29.4. The molecule has 1 aromatic carbocycles. The van der Waals surface area contributed by atoms with Gasteiger partial charge in [0.05, 0.1) is 11.0 Å². The molecular weight excluding hydrogens is 380 g/mol. The van der Waals surface area contributed by atoms with Gasteiger partial charge in [-0.25, -0.2) is 0 Å². The van der Waals surface area contributed by atoms with Crippen LogP contribution in [0.15, 0.2) is 18.2 Å². The quantitative estimate of drug-likeness (QED) is 0.353. The Morgan fingerprint density at radius 3 is 2.71 bits per heavy atom. The number of amides is 2. The highest BCUT2D eigenvalue weighted by Crippen LogP contribution is 2.49. The van der Waals surface area contributed by atoms with E-state index in [1.54, 1.807) is 11.0 Å². The molecule has 8 nitrogen and oxygen atoms in total. The molecule has 3 heterocycles. The van der Waals surface area contributed by atoms with Gasteiger partial charge in [-0.15, -0.1) is 0 Å². The number of nitro groups is 1. The van der Waals surface area contributed by atoms with Crippen LogP contribution in [0.4, 0.5) is 11.4 Å². The molecule has 5 rings (SSSR count). The van der Waals surface area contributed by atoms with Crippen LogP contribution in [0.5, 0.6) is 0 Å². The number of carbonyl (C=O) groups is 2. The summed E-state index contributed by atoms with van der Waals surface area (Å²) in [5.74, 6) is -0.605. The Labute approximate surface area is 167 Å². The highest BCUT2D eigenvalue weighted by molar-refractivity contribution is 7.80. The zero-order valence-electron chi connectivity index (χ0n) is 15.2. The van der Waals surface area contributed by atoms with Gasteiger partial charge in [-0.3, -0.25) is 24.6 Å². The molecule has 1 saturated carbocycles. The molecule has 0 aromatic heterocycles. The largest absolute Gasteiger partial charge is 0.367 e. The molecule has 3 fully saturated rings. The Morgan fingerprint density at radius 1 is 1.21 bits per heavy atom. The van der Waals surface area contributed by atoms with Crippen molar-refractivity contribution >= 4 is 40.5 Å². The van der Waals surface area contributed by atoms with Gasteiger partial charge in [-0.05, 0) is 56.0 Å². The number of hydrogen-bond acceptors (Lipinski definition) is 6. The molecule has 4 aliphatic rings. The van der Waals surface area contributed by atoms with Crippen molar-refractivity contribution in [1.82, 2.24) is 10.2 Å². The first kappa shape index (κ1) is 17.5. The summed E-state index contributed by atoms with van der Waals surface area (Å²) < 4.78 is 0. The summed E-state index contributed by atoms with van der Waals surface area (Å²) in [5.41, 5.74) is 0.266. The smallest absolute Gasteiger partial charge is 0.269 e. The predicted octanol–water partition coefficient (Wildman–Crippen LogP) is 1.90. The number of nitrogens with one attached hydrogen (secondary N) is 1. The fourth-order valence-electron chi connectivity index (χ4n) is 5.05. The highest BCUT2D eigenvalue weighted by Gasteiger charge is 2.62. The summed E-state index contributed by atoms with van der Waals surface area (Å²) in [5, 5.41) is 14.2. The van der Waals surface area contributed by atoms with Crippen LogP contribution in [0.25, 0.3) is 0 Å². The third kappa shape index (κ3) is 2.32. The van der Waals surface area contributed by atoms with Gasteiger partial charge in [-0.2, -0.15) is 0 Å². The lowest BCUT2D eigenvalue weighted by atomic mass is 9.66. The zero-order valence-corrected chi connectivity index (χ0v) is 16.0. The summed E-state index contributed by atoms with van der Waals surface area (Å²) >= 11 is 5.30. The Kier molecular flexibility index (Phi) is 3.74. The fourth-order valence-corrected chi connectivity index (χ4v) is 5.37. The van der Waals surface area contributed by atoms with E-state index in [0.717, 1.165) is 44.3 Å². The minimum Gasteiger partial charge on any atom is -0.367 e. The monoisotopic (exact) mass is 400 g/mol. The first-order chi connectivity index (χ1) is 13.4. The Morgan fingerprint density at radius 2 is 2.00 bits per heavy atom. The molecule has 9 heteroatoms. The number of benzene rings is 1. The van der Waals surface area contributed by atoms with E-state index < -0.39 is 10.3 Å². The van der Waals surface area contributed by atoms with Gasteiger partial charge in [0, 0.05) is 36.8 Å². The second-order valence-electron chi connectivity index (χ2n) is 8.09. The van der Waals surface area contributed by atoms with Crippen LogP contribution in [-0.4, -0.2) is 45.4 Å². The predicted molar refractivity (Wildman–Crippen MR) is 105 cm³/mol. The summed E-state index contributed by atoms with van der Waals surface area (Å²) in [4.78, 5) is 41.5. The minimum absolute atomic E-state index is 0.0254. The van der Waals surface area contributed by atoms with Crippen molar-refractivity contribution in [1.29, 1.82) is 0 Å². The maximum atomic E-state index is 13.7. The number of fused-ring (bicyclic) bond motifs is 4. The van der Waals surface area contributed by atoms with Crippen LogP contribution in [0.1, 0.15) is 37.7 Å². The van der Waals surface area contributed by atoms with Crippen LogP contribution in [0.2, 0.25) is 0 Å². The van der Waals surface area contributed by atoms with Crippen molar-refractivity contribution in [2.75, 3.05) is 11.4 Å². The lowest BCUT2D eigenvalue weighted by molar-refractivity contribution is -0.384. The molecule has 2 saturated heterocycles. The number of thiocarbonyl (C=S) groups is 1. The standard InChI is InChI=1S/C19H20N4O4S/c24-16-19(17(25)22(12-4-5-12)18(28)20-16)10-11-9-13(23(26)27)6-7-14(11)21-8-2-1-3-15(19)21/h6-7,9,12,15H,1-5,8,10H2,(H,20,24,28)/t15-,19-/m1/s1. The van der Waals surface area contributed by atoms with Crippen LogP contribution >= 0.6 is 12.2 Å². The third-order valence-electron chi connectivity index (χ3n) is 6.48. The summed E-state index contributed by atoms with van der Waals surface area (Å²) in [6, 6.07) is 4.56. The van der Waals surface area contributed by atoms with E-state index in [-0.39, 0.29) is 41.1 Å². The molecule has 1 spiro atoms. The maximum absolute atomic E-state index is 13.7. The molecule has 146 valence electrons. The van der Waals surface area contributed by atoms with E-state index in [2.05, 4.69) is 10.2 Å². The Hall–Kier alpha value is -2.55. The van der Waals surface area contributed by atoms with Crippen LogP contribution < -0.4 is 10.2 Å². The van der Waals surface area contributed by atoms with Crippen molar-refractivity contribution in [3.63, 3.8) is 0 Å². The summed E-state index contributed by atoms with van der Waals surface area (Å²) in [6.45, 7) is 0.728.